The maximum absolute atomic E-state index is 4.35. The Kier molecular flexibility index (Phi) is 3.47. The van der Waals surface area contributed by atoms with Gasteiger partial charge in [0.15, 0.2) is 5.65 Å². The topological polar surface area (TPSA) is 60.0 Å². The maximum Gasteiger partial charge on any atom is 0.155 e. The first-order valence-electron chi connectivity index (χ1n) is 6.71. The Hall–Kier alpha value is -2.21. The minimum Gasteiger partial charge on any atom is -0.332 e. The van der Waals surface area contributed by atoms with Crippen LogP contribution in [-0.4, -0.2) is 30.5 Å². The zero-order valence-corrected chi connectivity index (χ0v) is 11.7. The second-order valence-electron chi connectivity index (χ2n) is 4.89. The van der Waals surface area contributed by atoms with Crippen molar-refractivity contribution in [1.29, 1.82) is 0 Å². The van der Waals surface area contributed by atoms with Gasteiger partial charge in [-0.1, -0.05) is 0 Å². The van der Waals surface area contributed by atoms with Crippen molar-refractivity contribution in [3.63, 3.8) is 0 Å². The van der Waals surface area contributed by atoms with Crippen LogP contribution in [0.5, 0.6) is 0 Å². The molecule has 3 aromatic heterocycles. The molecule has 0 aromatic carbocycles. The van der Waals surface area contributed by atoms with Crippen molar-refractivity contribution in [2.75, 3.05) is 6.54 Å². The van der Waals surface area contributed by atoms with E-state index in [-0.39, 0.29) is 0 Å². The summed E-state index contributed by atoms with van der Waals surface area (Å²) in [5.41, 5.74) is 3.05. The van der Waals surface area contributed by atoms with Crippen molar-refractivity contribution in [2.45, 2.75) is 26.9 Å². The van der Waals surface area contributed by atoms with E-state index in [4.69, 9.17) is 0 Å². The summed E-state index contributed by atoms with van der Waals surface area (Å²) in [6.07, 6.45) is 9.45. The Morgan fingerprint density at radius 2 is 2.00 bits per heavy atom. The molecule has 1 N–H and O–H groups in total. The van der Waals surface area contributed by atoms with Gasteiger partial charge >= 0.3 is 0 Å². The zero-order valence-electron chi connectivity index (χ0n) is 11.7. The number of aromatic nitrogens is 5. The number of hydrogen-bond donors (Lipinski definition) is 1. The van der Waals surface area contributed by atoms with Crippen LogP contribution in [0, 0.1) is 13.8 Å². The minimum absolute atomic E-state index is 0.903. The van der Waals surface area contributed by atoms with Crippen LogP contribution in [0.4, 0.5) is 0 Å². The SMILES string of the molecule is Cc1cn2c(n1)CNCC2.Cc1cn2ccncc2n1. The molecule has 0 radical (unpaired) electrons. The van der Waals surface area contributed by atoms with Gasteiger partial charge in [-0.15, -0.1) is 0 Å². The molecule has 4 heterocycles. The number of rotatable bonds is 0. The van der Waals surface area contributed by atoms with E-state index >= 15 is 0 Å². The van der Waals surface area contributed by atoms with Gasteiger partial charge in [0.25, 0.3) is 0 Å². The molecule has 1 aliphatic heterocycles. The summed E-state index contributed by atoms with van der Waals surface area (Å²) >= 11 is 0. The minimum atomic E-state index is 0.903. The second kappa shape index (κ2) is 5.42. The van der Waals surface area contributed by atoms with Gasteiger partial charge in [-0.2, -0.15) is 0 Å². The summed E-state index contributed by atoms with van der Waals surface area (Å²) in [6.45, 7) is 7.06. The van der Waals surface area contributed by atoms with Gasteiger partial charge in [-0.05, 0) is 13.8 Å². The highest BCUT2D eigenvalue weighted by molar-refractivity contribution is 5.35. The normalized spacial score (nSPS) is 13.7. The fourth-order valence-electron chi connectivity index (χ4n) is 2.30. The molecular formula is C14H18N6. The van der Waals surface area contributed by atoms with Crippen LogP contribution in [0.3, 0.4) is 0 Å². The van der Waals surface area contributed by atoms with Crippen molar-refractivity contribution < 1.29 is 0 Å². The first kappa shape index (κ1) is 12.8. The highest BCUT2D eigenvalue weighted by Gasteiger charge is 2.08. The van der Waals surface area contributed by atoms with Gasteiger partial charge in [-0.25, -0.2) is 9.97 Å². The predicted molar refractivity (Wildman–Crippen MR) is 76.4 cm³/mol. The zero-order chi connectivity index (χ0) is 13.9. The molecule has 0 bridgehead atoms. The van der Waals surface area contributed by atoms with Crippen molar-refractivity contribution in [3.8, 4) is 0 Å². The van der Waals surface area contributed by atoms with Crippen LogP contribution in [0.25, 0.3) is 5.65 Å². The van der Waals surface area contributed by atoms with Crippen molar-refractivity contribution in [2.24, 2.45) is 0 Å². The molecule has 6 heteroatoms. The summed E-state index contributed by atoms with van der Waals surface area (Å²) in [6, 6.07) is 0. The Balaban J connectivity index is 0.000000121. The van der Waals surface area contributed by atoms with Gasteiger partial charge in [-0.3, -0.25) is 4.98 Å². The molecule has 0 atom stereocenters. The number of hydrogen-bond acceptors (Lipinski definition) is 4. The average molecular weight is 270 g/mol. The molecule has 4 rings (SSSR count). The van der Waals surface area contributed by atoms with Gasteiger partial charge in [0, 0.05) is 37.9 Å². The van der Waals surface area contributed by atoms with Crippen LogP contribution in [0.15, 0.2) is 31.0 Å². The Morgan fingerprint density at radius 1 is 1.15 bits per heavy atom. The fraction of sp³-hybridized carbons (Fsp3) is 0.357. The predicted octanol–water partition coefficient (Wildman–Crippen LogP) is 1.33. The highest BCUT2D eigenvalue weighted by Crippen LogP contribution is 2.04. The molecule has 20 heavy (non-hydrogen) atoms. The first-order chi connectivity index (χ1) is 9.72. The molecule has 0 fully saturated rings. The third-order valence-corrected chi connectivity index (χ3v) is 3.18. The van der Waals surface area contributed by atoms with Gasteiger partial charge in [0.1, 0.15) is 5.82 Å². The van der Waals surface area contributed by atoms with Crippen LogP contribution >= 0.6 is 0 Å². The molecular weight excluding hydrogens is 252 g/mol. The number of imidazole rings is 2. The third-order valence-electron chi connectivity index (χ3n) is 3.18. The average Bonchev–Trinajstić information content (AvgIpc) is 2.99. The highest BCUT2D eigenvalue weighted by atomic mass is 15.1. The molecule has 0 saturated heterocycles. The van der Waals surface area contributed by atoms with Crippen molar-refractivity contribution >= 4 is 5.65 Å². The standard InChI is InChI=1S/C7H11N3.C7H7N3/c2*1-6-5-10-3-2-8-4-7(10)9-6/h5,8H,2-4H2,1H3;2-5H,1H3. The van der Waals surface area contributed by atoms with E-state index in [9.17, 15) is 0 Å². The Bertz CT molecular complexity index is 655. The van der Waals surface area contributed by atoms with Crippen LogP contribution in [0.2, 0.25) is 0 Å². The molecule has 1 aliphatic rings. The Labute approximate surface area is 117 Å². The van der Waals surface area contributed by atoms with Gasteiger partial charge < -0.3 is 14.3 Å². The molecule has 3 aromatic rings. The molecule has 0 aliphatic carbocycles. The van der Waals surface area contributed by atoms with E-state index in [2.05, 4.69) is 31.0 Å². The second-order valence-corrected chi connectivity index (χ2v) is 4.89. The lowest BCUT2D eigenvalue weighted by molar-refractivity contribution is 0.505. The molecule has 0 saturated carbocycles. The van der Waals surface area contributed by atoms with Gasteiger partial charge in [0.05, 0.1) is 24.1 Å². The number of nitrogens with zero attached hydrogens (tertiary/aromatic N) is 5. The fourth-order valence-corrected chi connectivity index (χ4v) is 2.30. The number of fused-ring (bicyclic) bond motifs is 2. The number of nitrogens with one attached hydrogen (secondary N) is 1. The van der Waals surface area contributed by atoms with Crippen molar-refractivity contribution in [1.82, 2.24) is 29.2 Å². The molecule has 104 valence electrons. The summed E-state index contributed by atoms with van der Waals surface area (Å²) in [7, 11) is 0. The lowest BCUT2D eigenvalue weighted by Gasteiger charge is -2.13. The summed E-state index contributed by atoms with van der Waals surface area (Å²) in [5, 5.41) is 3.27. The quantitative estimate of drug-likeness (QED) is 0.669. The summed E-state index contributed by atoms with van der Waals surface area (Å²) < 4.78 is 4.16. The first-order valence-corrected chi connectivity index (χ1v) is 6.71. The molecule has 6 nitrogen and oxygen atoms in total. The van der Waals surface area contributed by atoms with E-state index in [1.54, 1.807) is 12.4 Å². The largest absolute Gasteiger partial charge is 0.332 e. The van der Waals surface area contributed by atoms with E-state index < -0.39 is 0 Å². The third kappa shape index (κ3) is 2.70. The lowest BCUT2D eigenvalue weighted by Crippen LogP contribution is -2.27. The molecule has 0 spiro atoms. The van der Waals surface area contributed by atoms with Crippen LogP contribution < -0.4 is 5.32 Å². The molecule has 0 amide bonds. The summed E-state index contributed by atoms with van der Waals surface area (Å²) in [5.74, 6) is 1.17. The molecule has 0 unspecified atom stereocenters. The van der Waals surface area contributed by atoms with Gasteiger partial charge in [0.2, 0.25) is 0 Å². The number of aryl methyl sites for hydroxylation is 2. The maximum atomic E-state index is 4.35. The van der Waals surface area contributed by atoms with E-state index in [0.717, 1.165) is 36.7 Å². The smallest absolute Gasteiger partial charge is 0.155 e. The monoisotopic (exact) mass is 270 g/mol. The van der Waals surface area contributed by atoms with Crippen LogP contribution in [0.1, 0.15) is 17.2 Å². The van der Waals surface area contributed by atoms with E-state index in [1.807, 2.05) is 30.6 Å². The van der Waals surface area contributed by atoms with Crippen LogP contribution in [-0.2, 0) is 13.1 Å². The van der Waals surface area contributed by atoms with Crippen molar-refractivity contribution in [3.05, 3.63) is 48.2 Å². The van der Waals surface area contributed by atoms with E-state index in [1.165, 1.54) is 5.82 Å². The lowest BCUT2D eigenvalue weighted by atomic mass is 10.4. The van der Waals surface area contributed by atoms with E-state index in [0.29, 0.717) is 0 Å². The Morgan fingerprint density at radius 3 is 2.80 bits per heavy atom. The summed E-state index contributed by atoms with van der Waals surface area (Å²) in [4.78, 5) is 12.5.